The number of nitrogens with zero attached hydrogens (tertiary/aromatic N) is 1. The molecule has 0 spiro atoms. The first-order valence-electron chi connectivity index (χ1n) is 6.86. The molecule has 0 saturated heterocycles. The SMILES string of the molecule is [CH2]CN(CCCCCC)CCCCCC. The fourth-order valence-electron chi connectivity index (χ4n) is 1.86. The van der Waals surface area contributed by atoms with Gasteiger partial charge in [-0.2, -0.15) is 0 Å². The zero-order valence-electron chi connectivity index (χ0n) is 10.9. The minimum atomic E-state index is 0.984. The van der Waals surface area contributed by atoms with Crippen LogP contribution in [0.15, 0.2) is 0 Å². The third kappa shape index (κ3) is 10.2. The predicted molar refractivity (Wildman–Crippen MR) is 70.1 cm³/mol. The Morgan fingerprint density at radius 1 is 0.733 bits per heavy atom. The Morgan fingerprint density at radius 3 is 1.53 bits per heavy atom. The van der Waals surface area contributed by atoms with Crippen LogP contribution in [-0.4, -0.2) is 24.5 Å². The maximum Gasteiger partial charge on any atom is -0.00183 e. The highest BCUT2D eigenvalue weighted by Crippen LogP contribution is 2.04. The second-order valence-electron chi connectivity index (χ2n) is 4.46. The van der Waals surface area contributed by atoms with Crippen LogP contribution in [0.1, 0.15) is 65.2 Å². The molecule has 0 heterocycles. The molecule has 0 aliphatic rings. The molecule has 0 N–H and O–H groups in total. The summed E-state index contributed by atoms with van der Waals surface area (Å²) < 4.78 is 0. The van der Waals surface area contributed by atoms with Crippen molar-refractivity contribution in [1.82, 2.24) is 4.90 Å². The van der Waals surface area contributed by atoms with Crippen LogP contribution in [0.3, 0.4) is 0 Å². The van der Waals surface area contributed by atoms with Gasteiger partial charge >= 0.3 is 0 Å². The van der Waals surface area contributed by atoms with Crippen LogP contribution in [0.5, 0.6) is 0 Å². The van der Waals surface area contributed by atoms with Crippen molar-refractivity contribution in [3.63, 3.8) is 0 Å². The van der Waals surface area contributed by atoms with Gasteiger partial charge in [-0.15, -0.1) is 0 Å². The molecular weight excluding hydrogens is 182 g/mol. The zero-order chi connectivity index (χ0) is 11.4. The van der Waals surface area contributed by atoms with Crippen LogP contribution in [0.2, 0.25) is 0 Å². The molecule has 0 rings (SSSR count). The molecule has 91 valence electrons. The summed E-state index contributed by atoms with van der Waals surface area (Å²) in [5, 5.41) is 0. The summed E-state index contributed by atoms with van der Waals surface area (Å²) in [5.74, 6) is 0. The van der Waals surface area contributed by atoms with Gasteiger partial charge in [0.1, 0.15) is 0 Å². The van der Waals surface area contributed by atoms with Crippen molar-refractivity contribution in [2.75, 3.05) is 19.6 Å². The molecule has 0 aliphatic carbocycles. The molecule has 0 aromatic heterocycles. The molecule has 1 radical (unpaired) electrons. The molecule has 0 atom stereocenters. The van der Waals surface area contributed by atoms with E-state index in [0.29, 0.717) is 0 Å². The molecule has 0 aliphatic heterocycles. The molecule has 0 unspecified atom stereocenters. The van der Waals surface area contributed by atoms with E-state index in [2.05, 4.69) is 25.7 Å². The second-order valence-corrected chi connectivity index (χ2v) is 4.46. The molecule has 0 amide bonds. The molecule has 0 fully saturated rings. The Labute approximate surface area is 97.2 Å². The Kier molecular flexibility index (Phi) is 12.0. The van der Waals surface area contributed by atoms with Gasteiger partial charge in [0.05, 0.1) is 0 Å². The maximum absolute atomic E-state index is 4.01. The first-order chi connectivity index (χ1) is 7.35. The van der Waals surface area contributed by atoms with Gasteiger partial charge in [-0.05, 0) is 39.4 Å². The van der Waals surface area contributed by atoms with Crippen molar-refractivity contribution in [2.45, 2.75) is 65.2 Å². The number of hydrogen-bond acceptors (Lipinski definition) is 1. The van der Waals surface area contributed by atoms with Crippen LogP contribution in [0, 0.1) is 6.92 Å². The van der Waals surface area contributed by atoms with Crippen LogP contribution in [0.25, 0.3) is 0 Å². The Hall–Kier alpha value is -0.0400. The van der Waals surface area contributed by atoms with Gasteiger partial charge in [0.15, 0.2) is 0 Å². The lowest BCUT2D eigenvalue weighted by molar-refractivity contribution is 0.285. The Morgan fingerprint density at radius 2 is 1.20 bits per heavy atom. The van der Waals surface area contributed by atoms with Crippen molar-refractivity contribution in [3.8, 4) is 0 Å². The number of rotatable bonds is 11. The van der Waals surface area contributed by atoms with Gasteiger partial charge in [0, 0.05) is 0 Å². The minimum absolute atomic E-state index is 0.984. The highest BCUT2D eigenvalue weighted by molar-refractivity contribution is 4.59. The van der Waals surface area contributed by atoms with E-state index in [1.165, 1.54) is 64.5 Å². The molecule has 0 aromatic carbocycles. The molecule has 15 heavy (non-hydrogen) atoms. The van der Waals surface area contributed by atoms with Gasteiger partial charge in [0.25, 0.3) is 0 Å². The van der Waals surface area contributed by atoms with Gasteiger partial charge in [0.2, 0.25) is 0 Å². The van der Waals surface area contributed by atoms with Crippen molar-refractivity contribution in [3.05, 3.63) is 6.92 Å². The molecule has 1 nitrogen and oxygen atoms in total. The van der Waals surface area contributed by atoms with Crippen LogP contribution in [0.4, 0.5) is 0 Å². The smallest absolute Gasteiger partial charge is 0.00183 e. The summed E-state index contributed by atoms with van der Waals surface area (Å²) in [7, 11) is 0. The van der Waals surface area contributed by atoms with Crippen LogP contribution < -0.4 is 0 Å². The lowest BCUT2D eigenvalue weighted by Gasteiger charge is -2.19. The lowest BCUT2D eigenvalue weighted by Crippen LogP contribution is -2.25. The normalized spacial score (nSPS) is 11.2. The van der Waals surface area contributed by atoms with E-state index in [4.69, 9.17) is 0 Å². The third-order valence-electron chi connectivity index (χ3n) is 2.97. The van der Waals surface area contributed by atoms with Gasteiger partial charge < -0.3 is 4.90 Å². The first kappa shape index (κ1) is 15.0. The monoisotopic (exact) mass is 212 g/mol. The second kappa shape index (κ2) is 12.0. The van der Waals surface area contributed by atoms with Gasteiger partial charge in [-0.25, -0.2) is 0 Å². The van der Waals surface area contributed by atoms with Crippen LogP contribution in [-0.2, 0) is 0 Å². The van der Waals surface area contributed by atoms with E-state index in [1.807, 2.05) is 0 Å². The van der Waals surface area contributed by atoms with E-state index in [-0.39, 0.29) is 0 Å². The summed E-state index contributed by atoms with van der Waals surface area (Å²) in [6, 6.07) is 0. The molecule has 1 heteroatoms. The standard InChI is InChI=1S/C14H30N/c1-4-7-9-11-13-15(6-3)14-12-10-8-5-2/h3-14H2,1-2H3. The summed E-state index contributed by atoms with van der Waals surface area (Å²) in [5.41, 5.74) is 0. The summed E-state index contributed by atoms with van der Waals surface area (Å²) in [6.45, 7) is 12.0. The average Bonchev–Trinajstić information content (AvgIpc) is 2.27. The van der Waals surface area contributed by atoms with Crippen molar-refractivity contribution in [2.24, 2.45) is 0 Å². The largest absolute Gasteiger partial charge is 0.303 e. The first-order valence-corrected chi connectivity index (χ1v) is 6.86. The van der Waals surface area contributed by atoms with E-state index in [1.54, 1.807) is 0 Å². The highest BCUT2D eigenvalue weighted by Gasteiger charge is 2.00. The minimum Gasteiger partial charge on any atom is -0.303 e. The van der Waals surface area contributed by atoms with E-state index >= 15 is 0 Å². The molecule has 0 aromatic rings. The van der Waals surface area contributed by atoms with Gasteiger partial charge in [-0.3, -0.25) is 0 Å². The van der Waals surface area contributed by atoms with Gasteiger partial charge in [-0.1, -0.05) is 52.4 Å². The van der Waals surface area contributed by atoms with Crippen molar-refractivity contribution in [1.29, 1.82) is 0 Å². The number of hydrogen-bond donors (Lipinski definition) is 0. The summed E-state index contributed by atoms with van der Waals surface area (Å²) >= 11 is 0. The van der Waals surface area contributed by atoms with Crippen LogP contribution >= 0.6 is 0 Å². The Balaban J connectivity index is 3.29. The third-order valence-corrected chi connectivity index (χ3v) is 2.97. The topological polar surface area (TPSA) is 3.24 Å². The maximum atomic E-state index is 4.01. The fourth-order valence-corrected chi connectivity index (χ4v) is 1.86. The lowest BCUT2D eigenvalue weighted by atomic mass is 10.1. The molecular formula is C14H30N. The summed E-state index contributed by atoms with van der Waals surface area (Å²) in [6.07, 6.45) is 10.9. The molecule has 0 saturated carbocycles. The molecule has 0 bridgehead atoms. The highest BCUT2D eigenvalue weighted by atomic mass is 15.1. The number of unbranched alkanes of at least 4 members (excludes halogenated alkanes) is 6. The van der Waals surface area contributed by atoms with E-state index < -0.39 is 0 Å². The van der Waals surface area contributed by atoms with E-state index in [9.17, 15) is 0 Å². The summed E-state index contributed by atoms with van der Waals surface area (Å²) in [4.78, 5) is 2.51. The fraction of sp³-hybridized carbons (Fsp3) is 0.929. The van der Waals surface area contributed by atoms with Crippen molar-refractivity contribution < 1.29 is 0 Å². The quantitative estimate of drug-likeness (QED) is 0.462. The average molecular weight is 212 g/mol. The zero-order valence-corrected chi connectivity index (χ0v) is 10.9. The predicted octanol–water partition coefficient (Wildman–Crippen LogP) is 4.28. The van der Waals surface area contributed by atoms with E-state index in [0.717, 1.165) is 6.54 Å². The van der Waals surface area contributed by atoms with Crippen molar-refractivity contribution >= 4 is 0 Å². The Bertz CT molecular complexity index is 99.9.